The van der Waals surface area contributed by atoms with Crippen LogP contribution in [-0.2, 0) is 26.5 Å². The standard InChI is InChI=1S/C22H21N2O.C11H8N.Ir/c1-14-8-9-17-16-6-5-7-18(20(16)25-21(17)24-14)19-12-15(10-11-23-19)13-22(2,3)4;1-2-6-10(7-3-1)11-8-4-5-9-12-11;/h5-6,8-12H,13H2,1-4H3;1-6,8-9H;/q2*-1;. The van der Waals surface area contributed by atoms with E-state index >= 15 is 0 Å². The van der Waals surface area contributed by atoms with Gasteiger partial charge in [-0.3, -0.25) is 0 Å². The van der Waals surface area contributed by atoms with Gasteiger partial charge in [0.2, 0.25) is 5.71 Å². The molecule has 1 radical (unpaired) electrons. The number of furan rings is 1. The molecule has 4 aromatic heterocycles. The van der Waals surface area contributed by atoms with Crippen LogP contribution in [0.1, 0.15) is 32.0 Å². The maximum absolute atomic E-state index is 6.08. The molecule has 0 bridgehead atoms. The van der Waals surface area contributed by atoms with Gasteiger partial charge < -0.3 is 14.4 Å². The number of benzene rings is 2. The van der Waals surface area contributed by atoms with E-state index in [0.29, 0.717) is 5.71 Å². The van der Waals surface area contributed by atoms with E-state index in [2.05, 4.69) is 66.1 Å². The van der Waals surface area contributed by atoms with Crippen LogP contribution in [0.2, 0.25) is 0 Å². The van der Waals surface area contributed by atoms with Gasteiger partial charge in [0.25, 0.3) is 0 Å². The second-order valence-corrected chi connectivity index (χ2v) is 10.3. The summed E-state index contributed by atoms with van der Waals surface area (Å²) < 4.78 is 6.08. The smallest absolute Gasteiger partial charge is 0.216 e. The number of nitrogens with zero attached hydrogens (tertiary/aromatic N) is 3. The van der Waals surface area contributed by atoms with Gasteiger partial charge in [0, 0.05) is 43.6 Å². The summed E-state index contributed by atoms with van der Waals surface area (Å²) in [5.41, 5.74) is 7.71. The van der Waals surface area contributed by atoms with Crippen LogP contribution in [0.4, 0.5) is 0 Å². The Labute approximate surface area is 237 Å². The molecule has 0 unspecified atom stereocenters. The summed E-state index contributed by atoms with van der Waals surface area (Å²) in [5, 5.41) is 2.08. The molecule has 193 valence electrons. The first-order valence-corrected chi connectivity index (χ1v) is 12.4. The first-order chi connectivity index (χ1) is 17.9. The number of fused-ring (bicyclic) bond motifs is 3. The van der Waals surface area contributed by atoms with Crippen LogP contribution in [0.3, 0.4) is 0 Å². The maximum Gasteiger partial charge on any atom is 0.216 e. The van der Waals surface area contributed by atoms with Gasteiger partial charge >= 0.3 is 0 Å². The molecule has 0 amide bonds. The Morgan fingerprint density at radius 3 is 2.34 bits per heavy atom. The molecule has 6 aromatic rings. The van der Waals surface area contributed by atoms with Crippen LogP contribution >= 0.6 is 0 Å². The van der Waals surface area contributed by atoms with Crippen molar-refractivity contribution in [1.29, 1.82) is 0 Å². The zero-order valence-electron chi connectivity index (χ0n) is 22.0. The van der Waals surface area contributed by atoms with Gasteiger partial charge in [0.15, 0.2) is 0 Å². The van der Waals surface area contributed by atoms with Crippen molar-refractivity contribution in [2.75, 3.05) is 0 Å². The number of pyridine rings is 3. The van der Waals surface area contributed by atoms with Gasteiger partial charge in [-0.05, 0) is 54.4 Å². The van der Waals surface area contributed by atoms with Crippen LogP contribution in [0, 0.1) is 24.5 Å². The fraction of sp³-hybridized carbons (Fsp3) is 0.182. The zero-order valence-corrected chi connectivity index (χ0v) is 24.3. The van der Waals surface area contributed by atoms with E-state index in [1.807, 2.05) is 73.8 Å². The van der Waals surface area contributed by atoms with Gasteiger partial charge in [-0.15, -0.1) is 54.1 Å². The first kappa shape index (κ1) is 27.4. The molecule has 38 heavy (non-hydrogen) atoms. The van der Waals surface area contributed by atoms with Gasteiger partial charge in [-0.25, -0.2) is 4.98 Å². The van der Waals surface area contributed by atoms with Crippen molar-refractivity contribution in [3.05, 3.63) is 115 Å². The fourth-order valence-electron chi connectivity index (χ4n) is 4.31. The molecule has 0 aliphatic carbocycles. The van der Waals surface area contributed by atoms with Crippen molar-refractivity contribution in [3.63, 3.8) is 0 Å². The molecule has 0 saturated heterocycles. The molecule has 0 aliphatic heterocycles. The molecule has 0 saturated carbocycles. The number of hydrogen-bond acceptors (Lipinski definition) is 4. The maximum atomic E-state index is 6.08. The second-order valence-electron chi connectivity index (χ2n) is 10.3. The second kappa shape index (κ2) is 11.8. The summed E-state index contributed by atoms with van der Waals surface area (Å²) in [6.45, 7) is 8.70. The summed E-state index contributed by atoms with van der Waals surface area (Å²) in [4.78, 5) is 13.3. The quantitative estimate of drug-likeness (QED) is 0.177. The van der Waals surface area contributed by atoms with Crippen molar-refractivity contribution in [2.24, 2.45) is 5.41 Å². The molecule has 4 heterocycles. The Bertz CT molecular complexity index is 1600. The predicted octanol–water partition coefficient (Wildman–Crippen LogP) is 8.29. The number of aromatic nitrogens is 3. The van der Waals surface area contributed by atoms with Gasteiger partial charge in [-0.1, -0.05) is 55.5 Å². The SMILES string of the molecule is Cc1ccc2c(n1)oc1c(-c3cc(CC(C)(C)C)ccn3)[c-]ccc12.[Ir].[c-]1ccccc1-c1ccccn1. The van der Waals surface area contributed by atoms with Crippen LogP contribution in [-0.4, -0.2) is 15.0 Å². The summed E-state index contributed by atoms with van der Waals surface area (Å²) >= 11 is 0. The summed E-state index contributed by atoms with van der Waals surface area (Å²) in [7, 11) is 0. The van der Waals surface area contributed by atoms with E-state index in [-0.39, 0.29) is 25.5 Å². The van der Waals surface area contributed by atoms with E-state index in [1.165, 1.54) is 5.56 Å². The van der Waals surface area contributed by atoms with Crippen molar-refractivity contribution < 1.29 is 24.5 Å². The molecule has 0 atom stereocenters. The minimum atomic E-state index is 0. The molecule has 6 rings (SSSR count). The molecule has 0 spiro atoms. The van der Waals surface area contributed by atoms with E-state index in [9.17, 15) is 0 Å². The minimum Gasteiger partial charge on any atom is -0.486 e. The summed E-state index contributed by atoms with van der Waals surface area (Å²) in [5.74, 6) is 0. The van der Waals surface area contributed by atoms with Gasteiger partial charge in [0.05, 0.1) is 5.58 Å². The third-order valence-corrected chi connectivity index (χ3v) is 5.90. The van der Waals surface area contributed by atoms with E-state index in [0.717, 1.165) is 51.0 Å². The number of hydrogen-bond donors (Lipinski definition) is 0. The zero-order chi connectivity index (χ0) is 25.8. The number of rotatable bonds is 3. The average molecular weight is 676 g/mol. The van der Waals surface area contributed by atoms with Crippen LogP contribution in [0.5, 0.6) is 0 Å². The third-order valence-electron chi connectivity index (χ3n) is 5.90. The van der Waals surface area contributed by atoms with E-state index in [1.54, 1.807) is 6.20 Å². The van der Waals surface area contributed by atoms with Crippen molar-refractivity contribution in [1.82, 2.24) is 15.0 Å². The average Bonchev–Trinajstić information content (AvgIpc) is 3.27. The topological polar surface area (TPSA) is 51.8 Å². The van der Waals surface area contributed by atoms with E-state index in [4.69, 9.17) is 4.42 Å². The van der Waals surface area contributed by atoms with Gasteiger partial charge in [-0.2, -0.15) is 0 Å². The summed E-state index contributed by atoms with van der Waals surface area (Å²) in [6, 6.07) is 32.4. The van der Waals surface area contributed by atoms with E-state index < -0.39 is 0 Å². The summed E-state index contributed by atoms with van der Waals surface area (Å²) in [6.07, 6.45) is 4.66. The van der Waals surface area contributed by atoms with Crippen molar-refractivity contribution in [3.8, 4) is 22.5 Å². The van der Waals surface area contributed by atoms with Crippen LogP contribution in [0.25, 0.3) is 44.6 Å². The van der Waals surface area contributed by atoms with Gasteiger partial charge in [0.1, 0.15) is 0 Å². The predicted molar refractivity (Wildman–Crippen MR) is 150 cm³/mol. The van der Waals surface area contributed by atoms with Crippen molar-refractivity contribution >= 4 is 22.1 Å². The Morgan fingerprint density at radius 2 is 1.61 bits per heavy atom. The Hall–Kier alpha value is -3.66. The third kappa shape index (κ3) is 6.42. The largest absolute Gasteiger partial charge is 0.486 e. The molecule has 0 N–H and O–H groups in total. The minimum absolute atomic E-state index is 0. The normalized spacial score (nSPS) is 11.1. The van der Waals surface area contributed by atoms with Crippen LogP contribution in [0.15, 0.2) is 95.7 Å². The monoisotopic (exact) mass is 676 g/mol. The molecular formula is C33H29IrN3O-2. The Kier molecular flexibility index (Phi) is 8.51. The molecule has 5 heteroatoms. The first-order valence-electron chi connectivity index (χ1n) is 12.4. The molecular weight excluding hydrogens is 647 g/mol. The molecule has 2 aromatic carbocycles. The molecule has 0 aliphatic rings. The Balaban J connectivity index is 0.000000218. The van der Waals surface area contributed by atoms with Crippen LogP contribution < -0.4 is 0 Å². The van der Waals surface area contributed by atoms with Crippen molar-refractivity contribution in [2.45, 2.75) is 34.1 Å². The fourth-order valence-corrected chi connectivity index (χ4v) is 4.31. The number of aryl methyl sites for hydroxylation is 1. The Morgan fingerprint density at radius 1 is 0.789 bits per heavy atom. The molecule has 4 nitrogen and oxygen atoms in total. The molecule has 0 fully saturated rings.